The molecule has 13 rings (SSSR count). The number of benzene rings is 3. The smallest absolute Gasteiger partial charge is 0.409 e. The second-order valence-electron chi connectivity index (χ2n) is 23.2. The van der Waals surface area contributed by atoms with Crippen LogP contribution in [-0.2, 0) is 37.3 Å². The summed E-state index contributed by atoms with van der Waals surface area (Å²) in [4.78, 5) is 74.4. The molecule has 7 aliphatic heterocycles. The first-order valence-corrected chi connectivity index (χ1v) is 28.7. The van der Waals surface area contributed by atoms with Crippen LogP contribution in [0.25, 0.3) is 44.0 Å². The Morgan fingerprint density at radius 1 is 0.875 bits per heavy atom. The van der Waals surface area contributed by atoms with Gasteiger partial charge < -0.3 is 38.8 Å². The Balaban J connectivity index is 0.633. The molecule has 0 saturated carbocycles. The Hall–Kier alpha value is -6.97. The maximum atomic E-state index is 17.4. The minimum absolute atomic E-state index is 0.00524. The fourth-order valence-electron chi connectivity index (χ4n) is 14.3. The average molecular weight is 1100 g/mol. The van der Waals surface area contributed by atoms with Crippen molar-refractivity contribution in [2.75, 3.05) is 75.4 Å². The first kappa shape index (κ1) is 52.4. The van der Waals surface area contributed by atoms with Crippen molar-refractivity contribution in [2.24, 2.45) is 7.05 Å². The number of likely N-dealkylation sites (tertiary alicyclic amines) is 1. The van der Waals surface area contributed by atoms with Crippen LogP contribution in [0.3, 0.4) is 0 Å². The number of aromatic hydroxyl groups is 1. The minimum Gasteiger partial charge on any atom is -0.508 e. The number of hydrogen-bond acceptors (Lipinski definition) is 15. The Bertz CT molecular complexity index is 3500. The van der Waals surface area contributed by atoms with E-state index in [1.54, 1.807) is 34.8 Å². The highest BCUT2D eigenvalue weighted by Gasteiger charge is 2.51. The molecule has 7 aliphatic rings. The molecule has 6 aromatic rings. The molecule has 3 aromatic heterocycles. The van der Waals surface area contributed by atoms with E-state index in [0.717, 1.165) is 101 Å². The molecule has 422 valence electrons. The third-order valence-corrected chi connectivity index (χ3v) is 18.6. The van der Waals surface area contributed by atoms with Gasteiger partial charge in [0.05, 0.1) is 46.4 Å². The van der Waals surface area contributed by atoms with Gasteiger partial charge in [0.25, 0.3) is 0 Å². The molecule has 80 heavy (non-hydrogen) atoms. The SMILES string of the molecule is CCc1c(F)ccc2cc(O)cc(-c3ncc4c(N5CCC[C@@]6(CCO6)C5)nc(OC[C@@]56CCCN5[C@H](COC(=O)N5CCC(OC7CCN(c8ccc9c(c8)n(C)c(=O)n9C8CCC(=O)NC8=O)CC7)CC5)CC6)nc4c3F)c12. The van der Waals surface area contributed by atoms with E-state index in [9.17, 15) is 24.3 Å². The van der Waals surface area contributed by atoms with Gasteiger partial charge in [0.2, 0.25) is 11.8 Å². The highest BCUT2D eigenvalue weighted by atomic mass is 19.1. The summed E-state index contributed by atoms with van der Waals surface area (Å²) in [6, 6.07) is 11.1. The lowest BCUT2D eigenvalue weighted by atomic mass is 9.86. The molecule has 0 radical (unpaired) electrons. The molecule has 4 atom stereocenters. The number of nitrogens with one attached hydrogen (secondary N) is 1. The number of aryl methyl sites for hydroxylation is 2. The molecule has 1 unspecified atom stereocenters. The number of imidazole rings is 1. The molecule has 3 amide bonds. The molecule has 19 nitrogen and oxygen atoms in total. The first-order valence-electron chi connectivity index (χ1n) is 28.7. The van der Waals surface area contributed by atoms with Gasteiger partial charge in [-0.05, 0) is 136 Å². The zero-order valence-corrected chi connectivity index (χ0v) is 45.4. The third kappa shape index (κ3) is 9.35. The van der Waals surface area contributed by atoms with Crippen LogP contribution in [0, 0.1) is 11.6 Å². The van der Waals surface area contributed by atoms with Crippen molar-refractivity contribution in [3.63, 3.8) is 0 Å². The van der Waals surface area contributed by atoms with Crippen LogP contribution in [0.5, 0.6) is 11.8 Å². The fraction of sp³-hybridized carbons (Fsp3) is 0.542. The summed E-state index contributed by atoms with van der Waals surface area (Å²) < 4.78 is 61.1. The number of pyridine rings is 1. The summed E-state index contributed by atoms with van der Waals surface area (Å²) in [7, 11) is 1.71. The summed E-state index contributed by atoms with van der Waals surface area (Å²) in [5, 5.41) is 14.7. The van der Waals surface area contributed by atoms with Crippen molar-refractivity contribution in [1.29, 1.82) is 0 Å². The van der Waals surface area contributed by atoms with Crippen LogP contribution in [0.1, 0.15) is 102 Å². The molecule has 7 fully saturated rings. The number of rotatable bonds is 12. The van der Waals surface area contributed by atoms with E-state index in [2.05, 4.69) is 25.0 Å². The zero-order chi connectivity index (χ0) is 55.0. The highest BCUT2D eigenvalue weighted by molar-refractivity contribution is 6.02. The predicted octanol–water partition coefficient (Wildman–Crippen LogP) is 7.44. The largest absolute Gasteiger partial charge is 0.508 e. The quantitative estimate of drug-likeness (QED) is 0.115. The third-order valence-electron chi connectivity index (χ3n) is 18.6. The second-order valence-corrected chi connectivity index (χ2v) is 23.2. The number of ether oxygens (including phenoxy) is 4. The fourth-order valence-corrected chi connectivity index (χ4v) is 14.3. The minimum atomic E-state index is -0.730. The van der Waals surface area contributed by atoms with Crippen LogP contribution in [0.15, 0.2) is 53.5 Å². The van der Waals surface area contributed by atoms with Gasteiger partial charge in [-0.1, -0.05) is 13.0 Å². The van der Waals surface area contributed by atoms with Gasteiger partial charge in [-0.2, -0.15) is 9.97 Å². The number of carbonyl (C=O) groups is 3. The number of phenolic OH excluding ortho intramolecular Hbond substituents is 1. The van der Waals surface area contributed by atoms with Crippen LogP contribution in [-0.4, -0.2) is 152 Å². The molecule has 7 saturated heterocycles. The van der Waals surface area contributed by atoms with Crippen molar-refractivity contribution in [1.82, 2.24) is 39.2 Å². The van der Waals surface area contributed by atoms with Gasteiger partial charge in [0.15, 0.2) is 5.82 Å². The second kappa shape index (κ2) is 20.8. The van der Waals surface area contributed by atoms with Crippen LogP contribution < -0.4 is 25.5 Å². The summed E-state index contributed by atoms with van der Waals surface area (Å²) >= 11 is 0. The zero-order valence-electron chi connectivity index (χ0n) is 45.4. The number of hydrogen-bond donors (Lipinski definition) is 2. The van der Waals surface area contributed by atoms with Crippen LogP contribution in [0.4, 0.5) is 25.1 Å². The van der Waals surface area contributed by atoms with Crippen molar-refractivity contribution < 1.29 is 47.2 Å². The highest BCUT2D eigenvalue weighted by Crippen LogP contribution is 2.45. The van der Waals surface area contributed by atoms with E-state index in [0.29, 0.717) is 72.3 Å². The Labute approximate surface area is 461 Å². The molecule has 2 N–H and O–H groups in total. The number of anilines is 2. The normalized spacial score (nSPS) is 25.0. The van der Waals surface area contributed by atoms with Gasteiger partial charge in [0.1, 0.15) is 47.9 Å². The van der Waals surface area contributed by atoms with Gasteiger partial charge in [-0.15, -0.1) is 0 Å². The Morgan fingerprint density at radius 3 is 2.42 bits per heavy atom. The van der Waals surface area contributed by atoms with Crippen LogP contribution in [0.2, 0.25) is 0 Å². The predicted molar refractivity (Wildman–Crippen MR) is 294 cm³/mol. The number of imide groups is 1. The lowest BCUT2D eigenvalue weighted by Gasteiger charge is -2.48. The number of fused-ring (bicyclic) bond motifs is 4. The molecule has 3 aromatic carbocycles. The molecule has 1 spiro atoms. The topological polar surface area (TPSA) is 199 Å². The van der Waals surface area contributed by atoms with Crippen LogP contribution >= 0.6 is 0 Å². The van der Waals surface area contributed by atoms with E-state index in [1.807, 2.05) is 25.1 Å². The summed E-state index contributed by atoms with van der Waals surface area (Å²) in [6.07, 6.45) is 11.5. The molecular weight excluding hydrogens is 1030 g/mol. The number of halogens is 2. The number of aromatic nitrogens is 5. The summed E-state index contributed by atoms with van der Waals surface area (Å²) in [6.45, 7) is 7.81. The molecular formula is C59H68F2N10O9. The maximum absolute atomic E-state index is 17.4. The number of amides is 3. The molecule has 0 aliphatic carbocycles. The lowest BCUT2D eigenvalue weighted by Crippen LogP contribution is -2.56. The molecule has 10 heterocycles. The molecule has 21 heteroatoms. The van der Waals surface area contributed by atoms with Gasteiger partial charge in [0, 0.05) is 82.6 Å². The number of nitrogens with zero attached hydrogens (tertiary/aromatic N) is 9. The Kier molecular flexibility index (Phi) is 13.7. The molecule has 0 bridgehead atoms. The average Bonchev–Trinajstić information content (AvgIpc) is 4.16. The summed E-state index contributed by atoms with van der Waals surface area (Å²) in [5.41, 5.74) is 2.10. The van der Waals surface area contributed by atoms with E-state index in [4.69, 9.17) is 28.9 Å². The van der Waals surface area contributed by atoms with E-state index in [1.165, 1.54) is 16.7 Å². The van der Waals surface area contributed by atoms with Crippen molar-refractivity contribution in [3.05, 3.63) is 76.3 Å². The number of phenols is 1. The van der Waals surface area contributed by atoms with Crippen molar-refractivity contribution in [3.8, 4) is 23.0 Å². The van der Waals surface area contributed by atoms with Gasteiger partial charge in [-0.3, -0.25) is 33.9 Å². The lowest BCUT2D eigenvalue weighted by molar-refractivity contribution is -0.151. The maximum Gasteiger partial charge on any atom is 0.409 e. The number of piperidine rings is 4. The van der Waals surface area contributed by atoms with E-state index in [-0.39, 0.29) is 102 Å². The Morgan fingerprint density at radius 2 is 1.66 bits per heavy atom. The monoisotopic (exact) mass is 1100 g/mol. The van der Waals surface area contributed by atoms with Gasteiger partial charge >= 0.3 is 17.8 Å². The standard InChI is InChI=1S/C59H68F2N10O9/c1-3-41-44(60)8-6-35-28-38(72)30-42(49(35)41)51-50(61)52-43(31-62-51)53(69-21-5-18-59(33-69)20-27-79-59)65-55(64-52)78-34-58-17-4-22-70(58)37(12-19-58)32-77-57(76)68-25-15-40(16-26-68)80-39-13-23-67(24-14-39)36-7-9-45-47(29-36)66(2)56(75)71(45)46-10-11-48(73)63-54(46)74/h6-9,28-31,37,39-40,46,72H,3-5,10-27,32-34H2,1-2H3,(H,63,73,74)/t37-,46?,58-,59+/m0/s1. The van der Waals surface area contributed by atoms with E-state index < -0.39 is 23.6 Å². The van der Waals surface area contributed by atoms with E-state index >= 15 is 8.78 Å². The van der Waals surface area contributed by atoms with Crippen molar-refractivity contribution >= 4 is 62.1 Å². The van der Waals surface area contributed by atoms with Gasteiger partial charge in [-0.25, -0.2) is 18.4 Å². The first-order chi connectivity index (χ1) is 38.8. The summed E-state index contributed by atoms with van der Waals surface area (Å²) in [5.74, 6) is -1.49. The number of carbonyl (C=O) groups excluding carboxylic acids is 3. The van der Waals surface area contributed by atoms with Crippen molar-refractivity contribution in [2.45, 2.75) is 132 Å².